The minimum atomic E-state index is -0.693. The highest BCUT2D eigenvalue weighted by Gasteiger charge is 2.46. The highest BCUT2D eigenvalue weighted by atomic mass is 16.5. The fourth-order valence-electron chi connectivity index (χ4n) is 5.50. The maximum Gasteiger partial charge on any atom is 0.132 e. The quantitative estimate of drug-likeness (QED) is 0.236. The number of rotatable bonds is 5. The zero-order valence-electron chi connectivity index (χ0n) is 21.1. The van der Waals surface area contributed by atoms with Crippen molar-refractivity contribution in [2.75, 3.05) is 0 Å². The van der Waals surface area contributed by atoms with Crippen molar-refractivity contribution >= 4 is 0 Å². The predicted octanol–water partition coefficient (Wildman–Crippen LogP) is 8.42. The number of hydrogen-bond donors (Lipinski definition) is 0. The van der Waals surface area contributed by atoms with Crippen LogP contribution in [0.3, 0.4) is 0 Å². The van der Waals surface area contributed by atoms with Gasteiger partial charge in [0.25, 0.3) is 0 Å². The van der Waals surface area contributed by atoms with Gasteiger partial charge in [0.05, 0.1) is 16.8 Å². The summed E-state index contributed by atoms with van der Waals surface area (Å²) < 4.78 is 12.8. The SMILES string of the molecule is c1ccc(-c2cccc(Oc3cccc(C4(c5ccccn5)c5ccccc5Oc5ccccc54)c3)c2)nc1. The van der Waals surface area contributed by atoms with Crippen LogP contribution in [0, 0.1) is 0 Å². The summed E-state index contributed by atoms with van der Waals surface area (Å²) >= 11 is 0. The lowest BCUT2D eigenvalue weighted by molar-refractivity contribution is 0.431. The highest BCUT2D eigenvalue weighted by Crippen LogP contribution is 2.54. The normalized spacial score (nSPS) is 13.0. The van der Waals surface area contributed by atoms with Crippen LogP contribution in [0.15, 0.2) is 146 Å². The van der Waals surface area contributed by atoms with E-state index in [9.17, 15) is 0 Å². The molecule has 3 heterocycles. The summed E-state index contributed by atoms with van der Waals surface area (Å²) in [6, 6.07) is 44.7. The first-order valence-corrected chi connectivity index (χ1v) is 12.9. The largest absolute Gasteiger partial charge is 0.457 e. The van der Waals surface area contributed by atoms with Gasteiger partial charge in [0.15, 0.2) is 0 Å². The van der Waals surface area contributed by atoms with E-state index < -0.39 is 5.41 Å². The molecule has 0 spiro atoms. The third-order valence-corrected chi connectivity index (χ3v) is 7.15. The standard InChI is InChI=1S/C35H24N2O2/c1-3-18-32-29(15-1)35(34-20-6-8-22-37-34,30-16-2-4-19-33(30)39-32)26-12-10-14-28(24-26)38-27-13-9-11-25(23-27)31-17-5-7-21-36-31/h1-24H. The Balaban J connectivity index is 1.39. The van der Waals surface area contributed by atoms with Crippen molar-refractivity contribution in [1.82, 2.24) is 9.97 Å². The number of para-hydroxylation sites is 2. The van der Waals surface area contributed by atoms with Gasteiger partial charge in [0.1, 0.15) is 23.0 Å². The third-order valence-electron chi connectivity index (χ3n) is 7.15. The van der Waals surface area contributed by atoms with E-state index in [1.807, 2.05) is 97.2 Å². The average molecular weight is 505 g/mol. The van der Waals surface area contributed by atoms with Crippen molar-refractivity contribution in [1.29, 1.82) is 0 Å². The Labute approximate surface area is 227 Å². The maximum atomic E-state index is 6.45. The van der Waals surface area contributed by atoms with Crippen molar-refractivity contribution < 1.29 is 9.47 Å². The molecule has 0 saturated heterocycles. The zero-order valence-corrected chi connectivity index (χ0v) is 21.1. The number of benzene rings is 4. The molecule has 4 aromatic carbocycles. The van der Waals surface area contributed by atoms with Gasteiger partial charge in [-0.1, -0.05) is 72.8 Å². The van der Waals surface area contributed by atoms with Gasteiger partial charge in [0, 0.05) is 29.1 Å². The molecule has 4 nitrogen and oxygen atoms in total. The van der Waals surface area contributed by atoms with Crippen molar-refractivity contribution in [2.45, 2.75) is 5.41 Å². The van der Waals surface area contributed by atoms with Crippen LogP contribution in [0.2, 0.25) is 0 Å². The maximum absolute atomic E-state index is 6.45. The minimum Gasteiger partial charge on any atom is -0.457 e. The van der Waals surface area contributed by atoms with Gasteiger partial charge in [-0.25, -0.2) is 0 Å². The van der Waals surface area contributed by atoms with Crippen LogP contribution in [0.4, 0.5) is 0 Å². The van der Waals surface area contributed by atoms with E-state index in [-0.39, 0.29) is 0 Å². The van der Waals surface area contributed by atoms with E-state index in [2.05, 4.69) is 47.4 Å². The highest BCUT2D eigenvalue weighted by molar-refractivity contribution is 5.68. The summed E-state index contributed by atoms with van der Waals surface area (Å²) in [5.41, 5.74) is 5.25. The summed E-state index contributed by atoms with van der Waals surface area (Å²) in [7, 11) is 0. The van der Waals surface area contributed by atoms with Crippen LogP contribution in [-0.2, 0) is 5.41 Å². The molecule has 6 aromatic rings. The molecule has 0 aliphatic carbocycles. The van der Waals surface area contributed by atoms with Crippen LogP contribution in [-0.4, -0.2) is 9.97 Å². The number of hydrogen-bond acceptors (Lipinski definition) is 4. The molecule has 0 bridgehead atoms. The molecular weight excluding hydrogens is 480 g/mol. The molecule has 39 heavy (non-hydrogen) atoms. The monoisotopic (exact) mass is 504 g/mol. The number of aromatic nitrogens is 2. The predicted molar refractivity (Wildman–Crippen MR) is 152 cm³/mol. The Hall–Kier alpha value is -5.22. The second-order valence-electron chi connectivity index (χ2n) is 9.43. The van der Waals surface area contributed by atoms with E-state index in [0.29, 0.717) is 0 Å². The Morgan fingerprint density at radius 1 is 0.538 bits per heavy atom. The lowest BCUT2D eigenvalue weighted by Gasteiger charge is -2.40. The molecule has 0 amide bonds. The molecule has 1 aliphatic rings. The van der Waals surface area contributed by atoms with Crippen LogP contribution in [0.5, 0.6) is 23.0 Å². The molecule has 0 saturated carbocycles. The summed E-state index contributed by atoms with van der Waals surface area (Å²) in [6.07, 6.45) is 3.65. The van der Waals surface area contributed by atoms with Crippen LogP contribution >= 0.6 is 0 Å². The molecule has 0 atom stereocenters. The van der Waals surface area contributed by atoms with E-state index in [4.69, 9.17) is 14.5 Å². The third kappa shape index (κ3) is 3.94. The Bertz CT molecular complexity index is 1720. The summed E-state index contributed by atoms with van der Waals surface area (Å²) in [5.74, 6) is 3.12. The van der Waals surface area contributed by atoms with Crippen molar-refractivity contribution in [3.63, 3.8) is 0 Å². The van der Waals surface area contributed by atoms with Crippen molar-refractivity contribution in [3.8, 4) is 34.3 Å². The number of pyridine rings is 2. The molecular formula is C35H24N2O2. The first-order valence-electron chi connectivity index (χ1n) is 12.9. The smallest absolute Gasteiger partial charge is 0.132 e. The molecule has 186 valence electrons. The molecule has 2 aromatic heterocycles. The fraction of sp³-hybridized carbons (Fsp3) is 0.0286. The van der Waals surface area contributed by atoms with Crippen LogP contribution in [0.25, 0.3) is 11.3 Å². The average Bonchev–Trinajstić information content (AvgIpc) is 3.01. The lowest BCUT2D eigenvalue weighted by Crippen LogP contribution is -2.35. The summed E-state index contributed by atoms with van der Waals surface area (Å²) in [4.78, 5) is 9.39. The Kier molecular flexibility index (Phi) is 5.64. The Morgan fingerprint density at radius 2 is 1.18 bits per heavy atom. The first kappa shape index (κ1) is 22.9. The van der Waals surface area contributed by atoms with Gasteiger partial charge < -0.3 is 9.47 Å². The van der Waals surface area contributed by atoms with Gasteiger partial charge in [0.2, 0.25) is 0 Å². The molecule has 0 fully saturated rings. The van der Waals surface area contributed by atoms with Gasteiger partial charge in [-0.3, -0.25) is 9.97 Å². The molecule has 7 rings (SSSR count). The van der Waals surface area contributed by atoms with Crippen molar-refractivity contribution in [2.24, 2.45) is 0 Å². The zero-order chi connectivity index (χ0) is 26.1. The summed E-state index contributed by atoms with van der Waals surface area (Å²) in [6.45, 7) is 0. The van der Waals surface area contributed by atoms with Gasteiger partial charge in [-0.05, 0) is 66.2 Å². The first-order chi connectivity index (χ1) is 19.3. The fourth-order valence-corrected chi connectivity index (χ4v) is 5.50. The number of ether oxygens (including phenoxy) is 2. The van der Waals surface area contributed by atoms with E-state index in [1.165, 1.54) is 0 Å². The molecule has 0 radical (unpaired) electrons. The topological polar surface area (TPSA) is 44.2 Å². The molecule has 4 heteroatoms. The van der Waals surface area contributed by atoms with E-state index >= 15 is 0 Å². The van der Waals surface area contributed by atoms with E-state index in [1.54, 1.807) is 6.20 Å². The summed E-state index contributed by atoms with van der Waals surface area (Å²) in [5, 5.41) is 0. The molecule has 1 aliphatic heterocycles. The second-order valence-corrected chi connectivity index (χ2v) is 9.43. The second kappa shape index (κ2) is 9.58. The lowest BCUT2D eigenvalue weighted by atomic mass is 9.65. The molecule has 0 unspecified atom stereocenters. The van der Waals surface area contributed by atoms with Gasteiger partial charge in [-0.2, -0.15) is 0 Å². The Morgan fingerprint density at radius 3 is 1.87 bits per heavy atom. The van der Waals surface area contributed by atoms with Crippen molar-refractivity contribution in [3.05, 3.63) is 168 Å². The molecule has 0 N–H and O–H groups in total. The van der Waals surface area contributed by atoms with Gasteiger partial charge in [-0.15, -0.1) is 0 Å². The van der Waals surface area contributed by atoms with Crippen LogP contribution < -0.4 is 9.47 Å². The number of nitrogens with zero attached hydrogens (tertiary/aromatic N) is 2. The van der Waals surface area contributed by atoms with Crippen LogP contribution in [0.1, 0.15) is 22.4 Å². The number of fused-ring (bicyclic) bond motifs is 2. The minimum absolute atomic E-state index is 0.693. The van der Waals surface area contributed by atoms with E-state index in [0.717, 1.165) is 56.6 Å². The van der Waals surface area contributed by atoms with Gasteiger partial charge >= 0.3 is 0 Å².